The van der Waals surface area contributed by atoms with E-state index in [0.29, 0.717) is 0 Å². The lowest BCUT2D eigenvalue weighted by Gasteiger charge is -2.30. The average molecular weight is 284 g/mol. The predicted molar refractivity (Wildman–Crippen MR) is 86.5 cm³/mol. The molecule has 1 N–H and O–H groups in total. The van der Waals surface area contributed by atoms with Gasteiger partial charge in [0, 0.05) is 24.3 Å². The number of anilines is 1. The van der Waals surface area contributed by atoms with Crippen LogP contribution < -0.4 is 10.2 Å². The van der Waals surface area contributed by atoms with Crippen molar-refractivity contribution >= 4 is 5.69 Å². The molecule has 2 aromatic rings. The summed E-state index contributed by atoms with van der Waals surface area (Å²) < 4.78 is 5.73. The summed E-state index contributed by atoms with van der Waals surface area (Å²) in [7, 11) is 0. The van der Waals surface area contributed by atoms with E-state index >= 15 is 0 Å². The fourth-order valence-electron chi connectivity index (χ4n) is 3.01. The molecular formula is C18H24N2O. The van der Waals surface area contributed by atoms with Crippen LogP contribution in [0.2, 0.25) is 0 Å². The van der Waals surface area contributed by atoms with Gasteiger partial charge >= 0.3 is 0 Å². The molecule has 3 nitrogen and oxygen atoms in total. The van der Waals surface area contributed by atoms with Gasteiger partial charge in [-0.3, -0.25) is 0 Å². The third kappa shape index (κ3) is 3.30. The second-order valence-electron chi connectivity index (χ2n) is 5.70. The van der Waals surface area contributed by atoms with Gasteiger partial charge in [0.1, 0.15) is 5.76 Å². The molecule has 0 saturated carbocycles. The molecule has 3 rings (SSSR count). The summed E-state index contributed by atoms with van der Waals surface area (Å²) in [6.07, 6.45) is 5.39. The van der Waals surface area contributed by atoms with Gasteiger partial charge in [0.05, 0.1) is 12.8 Å². The van der Waals surface area contributed by atoms with E-state index in [1.54, 1.807) is 0 Å². The number of aryl methyl sites for hydroxylation is 1. The number of nitrogens with zero attached hydrogens (tertiary/aromatic N) is 1. The maximum atomic E-state index is 5.73. The quantitative estimate of drug-likeness (QED) is 0.819. The molecule has 0 atom stereocenters. The number of nitrogens with one attached hydrogen (secondary N) is 1. The number of hydrogen-bond donors (Lipinski definition) is 1. The largest absolute Gasteiger partial charge is 0.467 e. The van der Waals surface area contributed by atoms with E-state index in [-0.39, 0.29) is 0 Å². The lowest BCUT2D eigenvalue weighted by atomic mass is 10.0. The first-order valence-corrected chi connectivity index (χ1v) is 7.97. The Morgan fingerprint density at radius 1 is 1.24 bits per heavy atom. The average Bonchev–Trinajstić information content (AvgIpc) is 2.95. The van der Waals surface area contributed by atoms with Crippen molar-refractivity contribution in [2.24, 2.45) is 0 Å². The smallest absolute Gasteiger partial charge is 0.127 e. The topological polar surface area (TPSA) is 28.4 Å². The highest BCUT2D eigenvalue weighted by molar-refractivity contribution is 5.55. The molecule has 3 heteroatoms. The van der Waals surface area contributed by atoms with Crippen LogP contribution in [-0.4, -0.2) is 13.1 Å². The van der Waals surface area contributed by atoms with Crippen molar-refractivity contribution in [3.8, 4) is 0 Å². The maximum absolute atomic E-state index is 5.73. The van der Waals surface area contributed by atoms with E-state index in [9.17, 15) is 0 Å². The first-order chi connectivity index (χ1) is 10.4. The van der Waals surface area contributed by atoms with Gasteiger partial charge in [-0.1, -0.05) is 25.1 Å². The zero-order valence-corrected chi connectivity index (χ0v) is 12.8. The van der Waals surface area contributed by atoms with Crippen molar-refractivity contribution < 1.29 is 4.42 Å². The van der Waals surface area contributed by atoms with Crippen LogP contribution in [0.3, 0.4) is 0 Å². The Kier molecular flexibility index (Phi) is 4.61. The van der Waals surface area contributed by atoms with Crippen molar-refractivity contribution in [2.75, 3.05) is 18.0 Å². The van der Waals surface area contributed by atoms with E-state index in [0.717, 1.165) is 38.4 Å². The van der Waals surface area contributed by atoms with Crippen molar-refractivity contribution in [3.63, 3.8) is 0 Å². The summed E-state index contributed by atoms with van der Waals surface area (Å²) in [5, 5.41) is 3.46. The monoisotopic (exact) mass is 284 g/mol. The zero-order valence-electron chi connectivity index (χ0n) is 12.8. The summed E-state index contributed by atoms with van der Waals surface area (Å²) in [6, 6.07) is 10.8. The molecule has 21 heavy (non-hydrogen) atoms. The normalized spacial score (nSPS) is 14.2. The number of para-hydroxylation sites is 1. The SMILES string of the molecule is CCCNCc1ccoc1CN1CCCc2ccccc21. The predicted octanol–water partition coefficient (Wildman–Crippen LogP) is 3.73. The molecule has 0 fully saturated rings. The summed E-state index contributed by atoms with van der Waals surface area (Å²) in [5.74, 6) is 1.09. The van der Waals surface area contributed by atoms with Crippen LogP contribution in [0.1, 0.15) is 36.7 Å². The number of rotatable bonds is 6. The highest BCUT2D eigenvalue weighted by Gasteiger charge is 2.18. The van der Waals surface area contributed by atoms with Crippen LogP contribution in [0.25, 0.3) is 0 Å². The Morgan fingerprint density at radius 3 is 3.05 bits per heavy atom. The molecule has 0 aliphatic carbocycles. The molecule has 0 unspecified atom stereocenters. The fraction of sp³-hybridized carbons (Fsp3) is 0.444. The first kappa shape index (κ1) is 14.2. The molecule has 1 aliphatic rings. The number of furan rings is 1. The van der Waals surface area contributed by atoms with Crippen LogP contribution >= 0.6 is 0 Å². The summed E-state index contributed by atoms with van der Waals surface area (Å²) >= 11 is 0. The molecular weight excluding hydrogens is 260 g/mol. The molecule has 112 valence electrons. The molecule has 0 radical (unpaired) electrons. The van der Waals surface area contributed by atoms with Crippen molar-refractivity contribution in [2.45, 2.75) is 39.3 Å². The van der Waals surface area contributed by atoms with Crippen LogP contribution in [-0.2, 0) is 19.5 Å². The van der Waals surface area contributed by atoms with Crippen LogP contribution in [0.15, 0.2) is 41.0 Å². The number of fused-ring (bicyclic) bond motifs is 1. The first-order valence-electron chi connectivity index (χ1n) is 7.97. The highest BCUT2D eigenvalue weighted by atomic mass is 16.3. The Bertz CT molecular complexity index is 576. The second-order valence-corrected chi connectivity index (χ2v) is 5.70. The van der Waals surface area contributed by atoms with Gasteiger partial charge in [-0.2, -0.15) is 0 Å². The van der Waals surface area contributed by atoms with E-state index < -0.39 is 0 Å². The lowest BCUT2D eigenvalue weighted by molar-refractivity contribution is 0.490. The van der Waals surface area contributed by atoms with Gasteiger partial charge in [-0.15, -0.1) is 0 Å². The summed E-state index contributed by atoms with van der Waals surface area (Å²) in [4.78, 5) is 2.45. The summed E-state index contributed by atoms with van der Waals surface area (Å²) in [5.41, 5.74) is 4.11. The highest BCUT2D eigenvalue weighted by Crippen LogP contribution is 2.28. The molecule has 0 bridgehead atoms. The minimum Gasteiger partial charge on any atom is -0.467 e. The second kappa shape index (κ2) is 6.81. The van der Waals surface area contributed by atoms with Crippen molar-refractivity contribution in [1.82, 2.24) is 5.32 Å². The lowest BCUT2D eigenvalue weighted by Crippen LogP contribution is -2.29. The Hall–Kier alpha value is -1.74. The number of hydrogen-bond acceptors (Lipinski definition) is 3. The number of benzene rings is 1. The standard InChI is InChI=1S/C18H24N2O/c1-2-10-19-13-16-9-12-21-18(16)14-20-11-5-7-15-6-3-4-8-17(15)20/h3-4,6,8-9,12,19H,2,5,7,10-11,13-14H2,1H3. The van der Waals surface area contributed by atoms with Crippen molar-refractivity contribution in [3.05, 3.63) is 53.5 Å². The molecule has 0 saturated heterocycles. The Labute approximate surface area is 127 Å². The van der Waals surface area contributed by atoms with E-state index in [4.69, 9.17) is 4.42 Å². The Morgan fingerprint density at radius 2 is 2.14 bits per heavy atom. The van der Waals surface area contributed by atoms with Gasteiger partial charge in [0.25, 0.3) is 0 Å². The maximum Gasteiger partial charge on any atom is 0.127 e. The fourth-order valence-corrected chi connectivity index (χ4v) is 3.01. The Balaban J connectivity index is 1.72. The van der Waals surface area contributed by atoms with Crippen molar-refractivity contribution in [1.29, 1.82) is 0 Å². The molecule has 1 aromatic heterocycles. The summed E-state index contributed by atoms with van der Waals surface area (Å²) in [6.45, 7) is 6.12. The molecule has 0 amide bonds. The van der Waals surface area contributed by atoms with Gasteiger partial charge in [-0.25, -0.2) is 0 Å². The zero-order chi connectivity index (χ0) is 14.5. The van der Waals surface area contributed by atoms with E-state index in [1.807, 2.05) is 6.26 Å². The van der Waals surface area contributed by atoms with Gasteiger partial charge in [0.15, 0.2) is 0 Å². The molecule has 2 heterocycles. The molecule has 0 spiro atoms. The van der Waals surface area contributed by atoms with Crippen LogP contribution in [0, 0.1) is 0 Å². The minimum atomic E-state index is 0.868. The van der Waals surface area contributed by atoms with Crippen LogP contribution in [0.5, 0.6) is 0 Å². The minimum absolute atomic E-state index is 0.868. The van der Waals surface area contributed by atoms with Crippen LogP contribution in [0.4, 0.5) is 5.69 Å². The molecule has 1 aromatic carbocycles. The third-order valence-corrected chi connectivity index (χ3v) is 4.12. The third-order valence-electron chi connectivity index (χ3n) is 4.12. The van der Waals surface area contributed by atoms with E-state index in [1.165, 1.54) is 29.7 Å². The molecule has 1 aliphatic heterocycles. The van der Waals surface area contributed by atoms with Gasteiger partial charge in [0.2, 0.25) is 0 Å². The van der Waals surface area contributed by atoms with Gasteiger partial charge in [-0.05, 0) is 43.5 Å². The van der Waals surface area contributed by atoms with E-state index in [2.05, 4.69) is 47.5 Å². The van der Waals surface area contributed by atoms with Gasteiger partial charge < -0.3 is 14.6 Å².